The van der Waals surface area contributed by atoms with Crippen LogP contribution in [0.4, 0.5) is 0 Å². The molecule has 0 spiro atoms. The Balaban J connectivity index is 1.99. The number of rotatable bonds is 5. The zero-order valence-electron chi connectivity index (χ0n) is 12.6. The third kappa shape index (κ3) is 3.28. The molecular formula is C16H17ClN2O3S. The maximum absolute atomic E-state index is 12.6. The summed E-state index contributed by atoms with van der Waals surface area (Å²) in [6.45, 7) is 1.84. The molecule has 0 radical (unpaired) electrons. The molecule has 0 amide bonds. The number of hydrazone groups is 1. The summed E-state index contributed by atoms with van der Waals surface area (Å²) < 4.78 is 31.7. The summed E-state index contributed by atoms with van der Waals surface area (Å²) in [4.78, 5) is 0. The van der Waals surface area contributed by atoms with Crippen molar-refractivity contribution < 1.29 is 12.8 Å². The van der Waals surface area contributed by atoms with Crippen LogP contribution >= 0.6 is 11.6 Å². The molecule has 23 heavy (non-hydrogen) atoms. The van der Waals surface area contributed by atoms with Crippen LogP contribution in [-0.2, 0) is 10.0 Å². The van der Waals surface area contributed by atoms with Crippen LogP contribution in [0.1, 0.15) is 37.1 Å². The van der Waals surface area contributed by atoms with Gasteiger partial charge in [-0.1, -0.05) is 30.7 Å². The highest BCUT2D eigenvalue weighted by molar-refractivity contribution is 7.89. The molecule has 1 aliphatic rings. The zero-order valence-corrected chi connectivity index (χ0v) is 14.2. The Morgan fingerprint density at radius 2 is 2.04 bits per heavy atom. The van der Waals surface area contributed by atoms with E-state index in [1.165, 1.54) is 4.41 Å². The lowest BCUT2D eigenvalue weighted by molar-refractivity contribution is 0.371. The van der Waals surface area contributed by atoms with Gasteiger partial charge < -0.3 is 4.42 Å². The van der Waals surface area contributed by atoms with Gasteiger partial charge in [-0.25, -0.2) is 8.42 Å². The minimum Gasteiger partial charge on any atom is -0.463 e. The zero-order chi connectivity index (χ0) is 16.4. The third-order valence-electron chi connectivity index (χ3n) is 3.68. The number of benzene rings is 1. The largest absolute Gasteiger partial charge is 0.463 e. The van der Waals surface area contributed by atoms with Crippen molar-refractivity contribution in [1.29, 1.82) is 0 Å². The average Bonchev–Trinajstić information content (AvgIpc) is 3.17. The number of furan rings is 1. The molecule has 0 aliphatic carbocycles. The van der Waals surface area contributed by atoms with E-state index in [-0.39, 0.29) is 11.8 Å². The van der Waals surface area contributed by atoms with Crippen molar-refractivity contribution in [1.82, 2.24) is 4.41 Å². The monoisotopic (exact) mass is 352 g/mol. The van der Waals surface area contributed by atoms with Crippen LogP contribution in [0, 0.1) is 0 Å². The van der Waals surface area contributed by atoms with Crippen molar-refractivity contribution in [2.75, 3.05) is 5.75 Å². The summed E-state index contributed by atoms with van der Waals surface area (Å²) in [7, 11) is -3.47. The highest BCUT2D eigenvalue weighted by atomic mass is 35.5. The van der Waals surface area contributed by atoms with Gasteiger partial charge in [0.1, 0.15) is 11.5 Å². The number of nitrogens with zero attached hydrogens (tertiary/aromatic N) is 2. The van der Waals surface area contributed by atoms with Gasteiger partial charge in [-0.15, -0.1) is 0 Å². The summed E-state index contributed by atoms with van der Waals surface area (Å²) >= 11 is 5.93. The Labute approximate surface area is 140 Å². The molecule has 7 heteroatoms. The van der Waals surface area contributed by atoms with Gasteiger partial charge >= 0.3 is 0 Å². The molecule has 3 rings (SSSR count). The summed E-state index contributed by atoms with van der Waals surface area (Å²) in [5, 5.41) is 4.95. The molecule has 0 N–H and O–H groups in total. The Kier molecular flexibility index (Phi) is 4.46. The van der Waals surface area contributed by atoms with Gasteiger partial charge in [0.25, 0.3) is 0 Å². The molecule has 122 valence electrons. The summed E-state index contributed by atoms with van der Waals surface area (Å²) in [5.41, 5.74) is 1.49. The van der Waals surface area contributed by atoms with E-state index in [0.717, 1.165) is 5.56 Å². The van der Waals surface area contributed by atoms with Crippen molar-refractivity contribution in [3.8, 4) is 0 Å². The van der Waals surface area contributed by atoms with Gasteiger partial charge in [0.05, 0.1) is 18.1 Å². The molecule has 1 aromatic carbocycles. The van der Waals surface area contributed by atoms with Gasteiger partial charge in [-0.2, -0.15) is 9.52 Å². The van der Waals surface area contributed by atoms with E-state index in [4.69, 9.17) is 16.0 Å². The van der Waals surface area contributed by atoms with E-state index in [1.54, 1.807) is 30.5 Å². The van der Waals surface area contributed by atoms with Gasteiger partial charge in [-0.05, 0) is 36.2 Å². The fourth-order valence-corrected chi connectivity index (χ4v) is 4.26. The highest BCUT2D eigenvalue weighted by Crippen LogP contribution is 2.35. The Hall–Kier alpha value is -1.79. The first-order valence-electron chi connectivity index (χ1n) is 7.40. The standard InChI is InChI=1S/C16H17ClN2O3S/c1-2-10-23(20,21)19-15(12-5-7-13(17)8-6-12)11-14(18-19)16-4-3-9-22-16/h3-9,15H,2,10-11H2,1H3/t15-/m0/s1. The molecule has 0 fully saturated rings. The fourth-order valence-electron chi connectivity index (χ4n) is 2.62. The molecule has 5 nitrogen and oxygen atoms in total. The summed E-state index contributed by atoms with van der Waals surface area (Å²) in [6, 6.07) is 10.4. The lowest BCUT2D eigenvalue weighted by Gasteiger charge is -2.23. The second-order valence-electron chi connectivity index (χ2n) is 5.38. The molecule has 0 bridgehead atoms. The van der Waals surface area contributed by atoms with Crippen molar-refractivity contribution >= 4 is 27.3 Å². The maximum Gasteiger partial charge on any atom is 0.250 e. The number of hydrogen-bond acceptors (Lipinski definition) is 4. The topological polar surface area (TPSA) is 62.9 Å². The van der Waals surface area contributed by atoms with Crippen molar-refractivity contribution in [2.24, 2.45) is 5.10 Å². The van der Waals surface area contributed by atoms with Crippen molar-refractivity contribution in [3.05, 3.63) is 59.0 Å². The minimum absolute atomic E-state index is 0.0615. The SMILES string of the molecule is CCCS(=O)(=O)N1N=C(c2ccco2)C[C@H]1c1ccc(Cl)cc1. The molecule has 0 unspecified atom stereocenters. The third-order valence-corrected chi connectivity index (χ3v) is 5.76. The Bertz CT molecular complexity index is 798. The van der Waals surface area contributed by atoms with E-state index in [1.807, 2.05) is 19.1 Å². The van der Waals surface area contributed by atoms with Crippen LogP contribution in [0.15, 0.2) is 52.2 Å². The van der Waals surface area contributed by atoms with E-state index in [2.05, 4.69) is 5.10 Å². The van der Waals surface area contributed by atoms with Crippen LogP contribution in [0.5, 0.6) is 0 Å². The minimum atomic E-state index is -3.47. The molecule has 1 aromatic heterocycles. The van der Waals surface area contributed by atoms with Gasteiger partial charge in [0.2, 0.25) is 10.0 Å². The first kappa shape index (κ1) is 16.1. The molecular weight excluding hydrogens is 336 g/mol. The Morgan fingerprint density at radius 1 is 1.30 bits per heavy atom. The fraction of sp³-hybridized carbons (Fsp3) is 0.312. The summed E-state index contributed by atoms with van der Waals surface area (Å²) in [5.74, 6) is 0.657. The van der Waals surface area contributed by atoms with Crippen LogP contribution in [0.2, 0.25) is 5.02 Å². The predicted molar refractivity (Wildman–Crippen MR) is 90.0 cm³/mol. The molecule has 1 atom stereocenters. The highest BCUT2D eigenvalue weighted by Gasteiger charge is 2.36. The van der Waals surface area contributed by atoms with Crippen LogP contribution < -0.4 is 0 Å². The molecule has 2 heterocycles. The van der Waals surface area contributed by atoms with Crippen molar-refractivity contribution in [3.63, 3.8) is 0 Å². The normalized spacial score (nSPS) is 18.3. The first-order valence-corrected chi connectivity index (χ1v) is 9.39. The lowest BCUT2D eigenvalue weighted by atomic mass is 10.0. The quantitative estimate of drug-likeness (QED) is 0.821. The van der Waals surface area contributed by atoms with Crippen molar-refractivity contribution in [2.45, 2.75) is 25.8 Å². The smallest absolute Gasteiger partial charge is 0.250 e. The van der Waals surface area contributed by atoms with Gasteiger partial charge in [-0.3, -0.25) is 0 Å². The molecule has 1 aliphatic heterocycles. The number of halogens is 1. The average molecular weight is 353 g/mol. The maximum atomic E-state index is 12.6. The van der Waals surface area contributed by atoms with Gasteiger partial charge in [0.15, 0.2) is 0 Å². The number of hydrogen-bond donors (Lipinski definition) is 0. The van der Waals surface area contributed by atoms with E-state index in [0.29, 0.717) is 29.3 Å². The van der Waals surface area contributed by atoms with E-state index < -0.39 is 10.0 Å². The molecule has 0 saturated carbocycles. The van der Waals surface area contributed by atoms with E-state index >= 15 is 0 Å². The van der Waals surface area contributed by atoms with Gasteiger partial charge in [0, 0.05) is 11.4 Å². The van der Waals surface area contributed by atoms with Crippen LogP contribution in [0.25, 0.3) is 0 Å². The number of sulfonamides is 1. The van der Waals surface area contributed by atoms with Crippen LogP contribution in [-0.4, -0.2) is 24.3 Å². The molecule has 0 saturated heterocycles. The second kappa shape index (κ2) is 6.37. The predicted octanol–water partition coefficient (Wildman–Crippen LogP) is 3.82. The van der Waals surface area contributed by atoms with E-state index in [9.17, 15) is 8.42 Å². The summed E-state index contributed by atoms with van der Waals surface area (Å²) in [6.07, 6.45) is 2.56. The Morgan fingerprint density at radius 3 is 2.65 bits per heavy atom. The lowest BCUT2D eigenvalue weighted by Crippen LogP contribution is -2.29. The second-order valence-corrected chi connectivity index (χ2v) is 7.77. The first-order chi connectivity index (χ1) is 11.0. The molecule has 2 aromatic rings. The van der Waals surface area contributed by atoms with Crippen LogP contribution in [0.3, 0.4) is 0 Å².